The molecule has 0 fully saturated rings. The van der Waals surface area contributed by atoms with E-state index in [9.17, 15) is 32.8 Å². The van der Waals surface area contributed by atoms with Crippen molar-refractivity contribution in [3.63, 3.8) is 0 Å². The highest BCUT2D eigenvalue weighted by Crippen LogP contribution is 2.26. The van der Waals surface area contributed by atoms with Gasteiger partial charge in [-0.3, -0.25) is 19.2 Å². The van der Waals surface area contributed by atoms with Crippen LogP contribution in [0.2, 0.25) is 0 Å². The van der Waals surface area contributed by atoms with E-state index in [0.29, 0.717) is 29.6 Å². The van der Waals surface area contributed by atoms with Gasteiger partial charge in [0, 0.05) is 23.4 Å². The topological polar surface area (TPSA) is 156 Å². The van der Waals surface area contributed by atoms with Crippen LogP contribution in [0.15, 0.2) is 42.5 Å². The van der Waals surface area contributed by atoms with Gasteiger partial charge in [0.2, 0.25) is 11.8 Å². The minimum atomic E-state index is -1.40. The third-order valence-corrected chi connectivity index (χ3v) is 6.32. The van der Waals surface area contributed by atoms with Crippen molar-refractivity contribution in [3.05, 3.63) is 65.4 Å². The van der Waals surface area contributed by atoms with Gasteiger partial charge in [-0.25, -0.2) is 13.6 Å². The number of amides is 3. The number of hydrogen-bond acceptors (Lipinski definition) is 7. The summed E-state index contributed by atoms with van der Waals surface area (Å²) >= 11 is 0. The fourth-order valence-corrected chi connectivity index (χ4v) is 4.09. The van der Waals surface area contributed by atoms with Gasteiger partial charge in [0.15, 0.2) is 12.4 Å². The summed E-state index contributed by atoms with van der Waals surface area (Å²) in [5.41, 5.74) is -0.145. The highest BCUT2D eigenvalue weighted by Gasteiger charge is 2.28. The number of benzene rings is 2. The fraction of sp³-hybridized carbons (Fsp3) is 0.406. The zero-order chi connectivity index (χ0) is 33.5. The number of methoxy groups -OCH3 is 1. The Labute approximate surface area is 260 Å². The van der Waals surface area contributed by atoms with Crippen LogP contribution in [0, 0.1) is 17.6 Å². The van der Waals surface area contributed by atoms with E-state index in [4.69, 9.17) is 9.47 Å². The van der Waals surface area contributed by atoms with E-state index in [1.807, 2.05) is 6.92 Å². The van der Waals surface area contributed by atoms with Crippen LogP contribution in [0.5, 0.6) is 5.75 Å². The van der Waals surface area contributed by atoms with Gasteiger partial charge in [-0.15, -0.1) is 0 Å². The van der Waals surface area contributed by atoms with Gasteiger partial charge in [-0.05, 0) is 43.2 Å². The Kier molecular flexibility index (Phi) is 14.6. The van der Waals surface area contributed by atoms with Crippen LogP contribution < -0.4 is 20.7 Å². The van der Waals surface area contributed by atoms with E-state index in [1.165, 1.54) is 13.5 Å². The molecule has 2 atom stereocenters. The largest absolute Gasteiger partial charge is 0.496 e. The van der Waals surface area contributed by atoms with Crippen LogP contribution in [0.3, 0.4) is 0 Å². The minimum absolute atomic E-state index is 0.165. The first-order chi connectivity index (χ1) is 21.5. The molecule has 0 saturated heterocycles. The molecule has 45 heavy (non-hydrogen) atoms. The van der Waals surface area contributed by atoms with Crippen molar-refractivity contribution in [3.8, 4) is 5.75 Å². The lowest BCUT2D eigenvalue weighted by Crippen LogP contribution is -2.48. The highest BCUT2D eigenvalue weighted by atomic mass is 19.1. The van der Waals surface area contributed by atoms with Crippen molar-refractivity contribution >= 4 is 40.4 Å². The average Bonchev–Trinajstić information content (AvgIpc) is 3.46. The van der Waals surface area contributed by atoms with Gasteiger partial charge < -0.3 is 30.4 Å². The summed E-state index contributed by atoms with van der Waals surface area (Å²) in [6.45, 7) is 6.62. The predicted octanol–water partition coefficient (Wildman–Crippen LogP) is 4.06. The Morgan fingerprint density at radius 1 is 0.956 bits per heavy atom. The lowest BCUT2D eigenvalue weighted by atomic mass is 9.97. The third-order valence-electron chi connectivity index (χ3n) is 6.32. The normalized spacial score (nSPS) is 11.8. The molecule has 1 aromatic heterocycles. The lowest BCUT2D eigenvalue weighted by Gasteiger charge is -2.21. The number of hydrogen-bond donors (Lipinski definition) is 4. The van der Waals surface area contributed by atoms with Gasteiger partial charge in [0.1, 0.15) is 28.6 Å². The first-order valence-corrected chi connectivity index (χ1v) is 14.6. The van der Waals surface area contributed by atoms with E-state index in [1.54, 1.807) is 31.2 Å². The second kappa shape index (κ2) is 18.1. The second-order valence-electron chi connectivity index (χ2n) is 10.2. The first-order valence-electron chi connectivity index (χ1n) is 14.6. The number of nitrogens with one attached hydrogen (secondary N) is 4. The van der Waals surface area contributed by atoms with E-state index in [-0.39, 0.29) is 18.0 Å². The molecule has 3 rings (SSSR count). The number of carbonyl (C=O) groups is 5. The maximum atomic E-state index is 13.9. The summed E-state index contributed by atoms with van der Waals surface area (Å²) in [5.74, 6) is -6.46. The number of aromatic amines is 1. The molecule has 11 nitrogen and oxygen atoms in total. The summed E-state index contributed by atoms with van der Waals surface area (Å²) in [5, 5.41) is 8.25. The standard InChI is InChI=1S/C29H32F2N4O7.C3H8/c1-4-11-32-27(38)16(2)12-21(23(36)15-42-29(40)26-18(30)7-5-8-19(26)31)35-25(37)14-33-28(39)22-13-17-20(34-22)9-6-10-24(17)41-3;1-3-2/h5-10,13,16,21,34H,4,11-12,14-15H2,1-3H3,(H,32,38)(H,33,39)(H,35,37);3H2,1-2H3. The molecule has 0 aliphatic carbocycles. The molecule has 1 heterocycles. The molecule has 0 spiro atoms. The fourth-order valence-electron chi connectivity index (χ4n) is 4.09. The van der Waals surface area contributed by atoms with Crippen molar-refractivity contribution in [2.75, 3.05) is 26.8 Å². The maximum absolute atomic E-state index is 13.9. The molecule has 0 radical (unpaired) electrons. The Hall–Kier alpha value is -4.81. The number of halogens is 2. The summed E-state index contributed by atoms with van der Waals surface area (Å²) < 4.78 is 37.9. The molecule has 0 aliphatic rings. The smallest absolute Gasteiger partial charge is 0.344 e. The Morgan fingerprint density at radius 3 is 2.22 bits per heavy atom. The van der Waals surface area contributed by atoms with Crippen molar-refractivity contribution in [1.29, 1.82) is 0 Å². The Bertz CT molecular complexity index is 1470. The summed E-state index contributed by atoms with van der Waals surface area (Å²) in [4.78, 5) is 65.9. The van der Waals surface area contributed by atoms with Gasteiger partial charge in [0.25, 0.3) is 5.91 Å². The van der Waals surface area contributed by atoms with Crippen molar-refractivity contribution in [2.24, 2.45) is 5.92 Å². The molecule has 0 bridgehead atoms. The Balaban J connectivity index is 0.00000226. The third kappa shape index (κ3) is 10.7. The number of aromatic nitrogens is 1. The van der Waals surface area contributed by atoms with Crippen LogP contribution in [-0.2, 0) is 19.1 Å². The zero-order valence-corrected chi connectivity index (χ0v) is 26.1. The van der Waals surface area contributed by atoms with E-state index in [2.05, 4.69) is 34.8 Å². The minimum Gasteiger partial charge on any atom is -0.496 e. The molecular formula is C32H40F2N4O7. The zero-order valence-electron chi connectivity index (χ0n) is 26.1. The first kappa shape index (κ1) is 36.4. The molecule has 3 aromatic rings. The summed E-state index contributed by atoms with van der Waals surface area (Å²) in [7, 11) is 1.50. The summed E-state index contributed by atoms with van der Waals surface area (Å²) in [6.07, 6.45) is 1.77. The molecule has 0 aliphatic heterocycles. The molecular weight excluding hydrogens is 590 g/mol. The quantitative estimate of drug-likeness (QED) is 0.196. The number of rotatable bonds is 14. The van der Waals surface area contributed by atoms with Crippen molar-refractivity contribution < 1.29 is 42.2 Å². The number of ketones is 1. The van der Waals surface area contributed by atoms with Gasteiger partial charge in [-0.1, -0.05) is 46.2 Å². The number of Topliss-reactive ketones (excluding diaryl/α,β-unsaturated/α-hetero) is 1. The number of ether oxygens (including phenoxy) is 2. The molecule has 4 N–H and O–H groups in total. The highest BCUT2D eigenvalue weighted by molar-refractivity contribution is 6.01. The van der Waals surface area contributed by atoms with E-state index >= 15 is 0 Å². The Morgan fingerprint density at radius 2 is 1.60 bits per heavy atom. The number of esters is 1. The summed E-state index contributed by atoms with van der Waals surface area (Å²) in [6, 6.07) is 8.28. The molecule has 3 amide bonds. The van der Waals surface area contributed by atoms with Crippen LogP contribution in [-0.4, -0.2) is 67.3 Å². The molecule has 13 heteroatoms. The van der Waals surface area contributed by atoms with Crippen molar-refractivity contribution in [2.45, 2.75) is 53.0 Å². The predicted molar refractivity (Wildman–Crippen MR) is 164 cm³/mol. The second-order valence-corrected chi connectivity index (χ2v) is 10.2. The van der Waals surface area contributed by atoms with Crippen molar-refractivity contribution in [1.82, 2.24) is 20.9 Å². The van der Waals surface area contributed by atoms with E-state index in [0.717, 1.165) is 18.2 Å². The molecule has 0 saturated carbocycles. The van der Waals surface area contributed by atoms with Crippen LogP contribution in [0.1, 0.15) is 67.8 Å². The monoisotopic (exact) mass is 630 g/mol. The number of fused-ring (bicyclic) bond motifs is 1. The molecule has 2 aromatic carbocycles. The molecule has 2 unspecified atom stereocenters. The maximum Gasteiger partial charge on any atom is 0.344 e. The lowest BCUT2D eigenvalue weighted by molar-refractivity contribution is -0.131. The molecule has 244 valence electrons. The van der Waals surface area contributed by atoms with Crippen LogP contribution >= 0.6 is 0 Å². The van der Waals surface area contributed by atoms with Gasteiger partial charge in [0.05, 0.1) is 19.7 Å². The van der Waals surface area contributed by atoms with Gasteiger partial charge in [-0.2, -0.15) is 0 Å². The number of carbonyl (C=O) groups excluding carboxylic acids is 5. The van der Waals surface area contributed by atoms with E-state index < -0.39 is 65.9 Å². The number of H-pyrrole nitrogens is 1. The SMILES string of the molecule is CCC.CCCNC(=O)C(C)CC(NC(=O)CNC(=O)c1cc2c(OC)cccc2[nH]1)C(=O)COC(=O)c1c(F)cccc1F. The van der Waals surface area contributed by atoms with Crippen LogP contribution in [0.25, 0.3) is 10.9 Å². The van der Waals surface area contributed by atoms with Crippen LogP contribution in [0.4, 0.5) is 8.78 Å². The van der Waals surface area contributed by atoms with Gasteiger partial charge >= 0.3 is 5.97 Å². The average molecular weight is 631 g/mol.